The van der Waals surface area contributed by atoms with Gasteiger partial charge < -0.3 is 4.57 Å². The van der Waals surface area contributed by atoms with E-state index < -0.39 is 0 Å². The van der Waals surface area contributed by atoms with Crippen LogP contribution in [0.15, 0.2) is 249 Å². The molecule has 0 bridgehead atoms. The van der Waals surface area contributed by atoms with Crippen LogP contribution in [-0.2, 0) is 0 Å². The fraction of sp³-hybridized carbons (Fsp3) is 0. The van der Waals surface area contributed by atoms with E-state index in [1.807, 2.05) is 0 Å². The zero-order valence-corrected chi connectivity index (χ0v) is 36.5. The van der Waals surface area contributed by atoms with Crippen LogP contribution in [0, 0.1) is 0 Å². The maximum Gasteiger partial charge on any atom is 0.160 e. The fourth-order valence-corrected chi connectivity index (χ4v) is 10.1. The van der Waals surface area contributed by atoms with Gasteiger partial charge in [-0.25, -0.2) is 9.97 Å². The van der Waals surface area contributed by atoms with Crippen molar-refractivity contribution in [1.82, 2.24) is 14.5 Å². The van der Waals surface area contributed by atoms with E-state index in [4.69, 9.17) is 9.97 Å². The summed E-state index contributed by atoms with van der Waals surface area (Å²) in [6.07, 6.45) is 0. The van der Waals surface area contributed by atoms with Crippen molar-refractivity contribution in [3.8, 4) is 73.0 Å². The Morgan fingerprint density at radius 1 is 0.254 bits per heavy atom. The molecule has 0 spiro atoms. The molecule has 67 heavy (non-hydrogen) atoms. The van der Waals surface area contributed by atoms with Gasteiger partial charge in [0, 0.05) is 33.2 Å². The molecule has 0 fully saturated rings. The summed E-state index contributed by atoms with van der Waals surface area (Å²) >= 11 is 0. The average molecular weight is 852 g/mol. The normalized spacial score (nSPS) is 11.6. The molecule has 13 rings (SSSR count). The summed E-state index contributed by atoms with van der Waals surface area (Å²) in [5, 5.41) is 9.94. The first-order valence-corrected chi connectivity index (χ1v) is 22.9. The topological polar surface area (TPSA) is 30.7 Å². The van der Waals surface area contributed by atoms with Crippen LogP contribution in [0.4, 0.5) is 0 Å². The van der Waals surface area contributed by atoms with E-state index in [-0.39, 0.29) is 0 Å². The Hall–Kier alpha value is -8.92. The van der Waals surface area contributed by atoms with E-state index in [1.165, 1.54) is 65.3 Å². The van der Waals surface area contributed by atoms with Crippen LogP contribution >= 0.6 is 0 Å². The summed E-state index contributed by atoms with van der Waals surface area (Å²) < 4.78 is 2.38. The third-order valence-corrected chi connectivity index (χ3v) is 13.4. The molecule has 0 saturated heterocycles. The minimum atomic E-state index is 0.678. The van der Waals surface area contributed by atoms with Gasteiger partial charge in [0.05, 0.1) is 22.4 Å². The molecule has 0 aliphatic carbocycles. The summed E-state index contributed by atoms with van der Waals surface area (Å²) in [7, 11) is 0. The van der Waals surface area contributed by atoms with Crippen molar-refractivity contribution in [2.75, 3.05) is 0 Å². The molecular weight excluding hydrogens is 811 g/mol. The van der Waals surface area contributed by atoms with Gasteiger partial charge in [0.1, 0.15) is 0 Å². The Morgan fingerprint density at radius 3 is 1.52 bits per heavy atom. The summed E-state index contributed by atoms with van der Waals surface area (Å²) in [5.74, 6) is 0.678. The predicted octanol–water partition coefficient (Wildman–Crippen LogP) is 17.0. The third kappa shape index (κ3) is 6.76. The number of hydrogen-bond donors (Lipinski definition) is 0. The summed E-state index contributed by atoms with van der Waals surface area (Å²) in [6, 6.07) is 89.4. The molecule has 312 valence electrons. The highest BCUT2D eigenvalue weighted by Gasteiger charge is 2.17. The molecule has 0 unspecified atom stereocenters. The maximum atomic E-state index is 5.37. The van der Waals surface area contributed by atoms with Crippen LogP contribution in [0.2, 0.25) is 0 Å². The molecular formula is C64H41N3. The van der Waals surface area contributed by atoms with Crippen LogP contribution in [0.5, 0.6) is 0 Å². The molecule has 2 heterocycles. The number of fused-ring (bicyclic) bond motifs is 7. The van der Waals surface area contributed by atoms with E-state index in [0.717, 1.165) is 56.0 Å². The minimum absolute atomic E-state index is 0.678. The van der Waals surface area contributed by atoms with Crippen LogP contribution in [0.1, 0.15) is 0 Å². The van der Waals surface area contributed by atoms with Gasteiger partial charge in [0.25, 0.3) is 0 Å². The molecule has 2 aromatic heterocycles. The maximum absolute atomic E-state index is 5.37. The molecule has 3 nitrogen and oxygen atoms in total. The lowest BCUT2D eigenvalue weighted by molar-refractivity contribution is 1.18. The second-order valence-corrected chi connectivity index (χ2v) is 17.3. The Morgan fingerprint density at radius 2 is 0.776 bits per heavy atom. The van der Waals surface area contributed by atoms with Gasteiger partial charge in [-0.05, 0) is 114 Å². The van der Waals surface area contributed by atoms with Gasteiger partial charge in [0.2, 0.25) is 0 Å². The zero-order valence-electron chi connectivity index (χ0n) is 36.5. The van der Waals surface area contributed by atoms with Crippen LogP contribution in [-0.4, -0.2) is 14.5 Å². The Bertz CT molecular complexity index is 4020. The monoisotopic (exact) mass is 851 g/mol. The van der Waals surface area contributed by atoms with Crippen LogP contribution in [0.3, 0.4) is 0 Å². The number of aromatic nitrogens is 3. The van der Waals surface area contributed by atoms with Crippen molar-refractivity contribution in [3.05, 3.63) is 249 Å². The van der Waals surface area contributed by atoms with Crippen LogP contribution < -0.4 is 0 Å². The molecule has 0 N–H and O–H groups in total. The first kappa shape index (κ1) is 38.5. The average Bonchev–Trinajstić information content (AvgIpc) is 3.74. The van der Waals surface area contributed by atoms with Gasteiger partial charge in [-0.2, -0.15) is 0 Å². The molecule has 11 aromatic carbocycles. The zero-order chi connectivity index (χ0) is 44.3. The van der Waals surface area contributed by atoms with E-state index in [2.05, 4.69) is 253 Å². The van der Waals surface area contributed by atoms with Crippen molar-refractivity contribution >= 4 is 54.1 Å². The largest absolute Gasteiger partial charge is 0.309 e. The number of rotatable bonds is 7. The Balaban J connectivity index is 0.949. The lowest BCUT2D eigenvalue weighted by atomic mass is 9.89. The van der Waals surface area contributed by atoms with Gasteiger partial charge >= 0.3 is 0 Å². The molecule has 13 aromatic rings. The van der Waals surface area contributed by atoms with Crippen LogP contribution in [0.25, 0.3) is 127 Å². The van der Waals surface area contributed by atoms with E-state index in [9.17, 15) is 0 Å². The van der Waals surface area contributed by atoms with E-state index in [1.54, 1.807) is 0 Å². The number of benzene rings is 11. The van der Waals surface area contributed by atoms with Crippen molar-refractivity contribution in [1.29, 1.82) is 0 Å². The molecule has 3 heteroatoms. The fourth-order valence-electron chi connectivity index (χ4n) is 10.1. The Kier molecular flexibility index (Phi) is 9.17. The number of nitrogens with zero attached hydrogens (tertiary/aromatic N) is 3. The molecule has 0 radical (unpaired) electrons. The van der Waals surface area contributed by atoms with Crippen molar-refractivity contribution in [2.45, 2.75) is 0 Å². The second-order valence-electron chi connectivity index (χ2n) is 17.3. The lowest BCUT2D eigenvalue weighted by Crippen LogP contribution is -1.96. The van der Waals surface area contributed by atoms with Crippen molar-refractivity contribution in [2.24, 2.45) is 0 Å². The summed E-state index contributed by atoms with van der Waals surface area (Å²) in [6.45, 7) is 0. The van der Waals surface area contributed by atoms with E-state index >= 15 is 0 Å². The molecule has 0 aliphatic rings. The number of hydrogen-bond acceptors (Lipinski definition) is 2. The van der Waals surface area contributed by atoms with Crippen molar-refractivity contribution in [3.63, 3.8) is 0 Å². The highest BCUT2D eigenvalue weighted by molar-refractivity contribution is 6.20. The summed E-state index contributed by atoms with van der Waals surface area (Å²) in [5.41, 5.74) is 15.2. The lowest BCUT2D eigenvalue weighted by Gasteiger charge is -2.15. The highest BCUT2D eigenvalue weighted by atomic mass is 15.0. The van der Waals surface area contributed by atoms with Gasteiger partial charge in [-0.1, -0.05) is 200 Å². The first-order chi connectivity index (χ1) is 33.2. The minimum Gasteiger partial charge on any atom is -0.309 e. The van der Waals surface area contributed by atoms with Gasteiger partial charge in [0.15, 0.2) is 5.82 Å². The van der Waals surface area contributed by atoms with Crippen molar-refractivity contribution < 1.29 is 0 Å². The second kappa shape index (κ2) is 16.0. The highest BCUT2D eigenvalue weighted by Crippen LogP contribution is 2.41. The van der Waals surface area contributed by atoms with Gasteiger partial charge in [-0.3, -0.25) is 0 Å². The predicted molar refractivity (Wildman–Crippen MR) is 282 cm³/mol. The smallest absolute Gasteiger partial charge is 0.160 e. The van der Waals surface area contributed by atoms with Gasteiger partial charge in [-0.15, -0.1) is 0 Å². The molecule has 0 atom stereocenters. The molecule has 0 saturated carbocycles. The Labute approximate surface area is 388 Å². The SMILES string of the molecule is c1ccc(-c2cccc(-c3cc(-c4cccc(-c5ccc6c7ccccc7n(-c7ccccc7)c6c5)c4)nc(-c4ccc(-c5c6ccccc6cc6c5ccc5ccccc56)cc4)n3)c2)cc1. The molecule has 0 amide bonds. The van der Waals surface area contributed by atoms with E-state index in [0.29, 0.717) is 5.82 Å². The summed E-state index contributed by atoms with van der Waals surface area (Å²) in [4.78, 5) is 10.7. The third-order valence-electron chi connectivity index (χ3n) is 13.4. The quantitative estimate of drug-likeness (QED) is 0.118. The first-order valence-electron chi connectivity index (χ1n) is 22.9. The standard InChI is InChI=1S/C64H41N3/c1-3-15-42(16-4-1)46-19-13-21-50(37-46)59-41-60(51-22-14-20-47(38-51)48-34-35-56-55-27-11-12-28-61(55)67(62(56)40-48)52-23-5-2-6-24-52)66-64(65-59)45-31-29-44(30-32-45)63-54-26-10-8-18-49(54)39-58-53-25-9-7-17-43(53)33-36-57(58)63/h1-41H. The number of para-hydroxylation sites is 2. The molecule has 0 aliphatic heterocycles.